The molecule has 1 unspecified atom stereocenters. The minimum atomic E-state index is -3.70. The molecular formula is C20H25NO4S. The maximum Gasteiger partial charge on any atom is 0.338 e. The predicted octanol–water partition coefficient (Wildman–Crippen LogP) is 3.88. The lowest BCUT2D eigenvalue weighted by Crippen LogP contribution is -2.34. The molecule has 0 fully saturated rings. The van der Waals surface area contributed by atoms with Gasteiger partial charge in [0.05, 0.1) is 23.1 Å². The molecule has 2 aromatic carbocycles. The van der Waals surface area contributed by atoms with Crippen LogP contribution in [0.5, 0.6) is 0 Å². The molecule has 0 bridgehead atoms. The van der Waals surface area contributed by atoms with Gasteiger partial charge in [0.25, 0.3) is 0 Å². The molecule has 0 heterocycles. The SMILES string of the molecule is CCOC(=O)c1ccc(S(=O)(=O)N(C)C(c2ccccc2)C(C)C)cc1. The van der Waals surface area contributed by atoms with Gasteiger partial charge >= 0.3 is 5.97 Å². The van der Waals surface area contributed by atoms with Crippen LogP contribution >= 0.6 is 0 Å². The van der Waals surface area contributed by atoms with Crippen LogP contribution in [-0.2, 0) is 14.8 Å². The zero-order chi connectivity index (χ0) is 19.3. The van der Waals surface area contributed by atoms with Gasteiger partial charge in [-0.1, -0.05) is 44.2 Å². The highest BCUT2D eigenvalue weighted by Gasteiger charge is 2.31. The number of esters is 1. The van der Waals surface area contributed by atoms with Crippen molar-refractivity contribution in [1.29, 1.82) is 0 Å². The average Bonchev–Trinajstić information content (AvgIpc) is 2.62. The van der Waals surface area contributed by atoms with E-state index in [1.54, 1.807) is 14.0 Å². The van der Waals surface area contributed by atoms with Crippen LogP contribution in [0, 0.1) is 5.92 Å². The van der Waals surface area contributed by atoms with Crippen molar-refractivity contribution < 1.29 is 17.9 Å². The first-order valence-corrected chi connectivity index (χ1v) is 10.0. The molecular weight excluding hydrogens is 350 g/mol. The summed E-state index contributed by atoms with van der Waals surface area (Å²) in [6.07, 6.45) is 0. The third-order valence-corrected chi connectivity index (χ3v) is 6.06. The van der Waals surface area contributed by atoms with E-state index >= 15 is 0 Å². The van der Waals surface area contributed by atoms with E-state index in [0.29, 0.717) is 5.56 Å². The number of carbonyl (C=O) groups is 1. The van der Waals surface area contributed by atoms with Crippen molar-refractivity contribution in [1.82, 2.24) is 4.31 Å². The first kappa shape index (κ1) is 20.1. The van der Waals surface area contributed by atoms with E-state index in [1.807, 2.05) is 44.2 Å². The van der Waals surface area contributed by atoms with Gasteiger partial charge in [0, 0.05) is 7.05 Å². The number of nitrogens with zero attached hydrogens (tertiary/aromatic N) is 1. The number of carbonyl (C=O) groups excluding carboxylic acids is 1. The molecule has 0 N–H and O–H groups in total. The molecule has 0 aliphatic rings. The van der Waals surface area contributed by atoms with Crippen molar-refractivity contribution in [3.8, 4) is 0 Å². The van der Waals surface area contributed by atoms with Crippen molar-refractivity contribution >= 4 is 16.0 Å². The second-order valence-corrected chi connectivity index (χ2v) is 8.36. The van der Waals surface area contributed by atoms with Crippen LogP contribution in [0.1, 0.15) is 42.7 Å². The van der Waals surface area contributed by atoms with E-state index in [4.69, 9.17) is 4.74 Å². The van der Waals surface area contributed by atoms with Crippen molar-refractivity contribution in [2.75, 3.05) is 13.7 Å². The van der Waals surface area contributed by atoms with Gasteiger partial charge in [0.1, 0.15) is 0 Å². The summed E-state index contributed by atoms with van der Waals surface area (Å²) in [5.74, 6) is -0.370. The van der Waals surface area contributed by atoms with E-state index < -0.39 is 16.0 Å². The Balaban J connectivity index is 2.34. The van der Waals surface area contributed by atoms with Gasteiger partial charge in [-0.15, -0.1) is 0 Å². The maximum atomic E-state index is 13.1. The Bertz CT molecular complexity index is 830. The van der Waals surface area contributed by atoms with E-state index in [2.05, 4.69) is 0 Å². The monoisotopic (exact) mass is 375 g/mol. The molecule has 0 aromatic heterocycles. The molecule has 6 heteroatoms. The zero-order valence-corrected chi connectivity index (χ0v) is 16.4. The molecule has 0 spiro atoms. The summed E-state index contributed by atoms with van der Waals surface area (Å²) in [5, 5.41) is 0. The molecule has 2 aromatic rings. The second-order valence-electron chi connectivity index (χ2n) is 6.37. The highest BCUT2D eigenvalue weighted by molar-refractivity contribution is 7.89. The molecule has 2 rings (SSSR count). The fourth-order valence-corrected chi connectivity index (χ4v) is 4.43. The Labute approximate surface area is 155 Å². The molecule has 0 saturated heterocycles. The lowest BCUT2D eigenvalue weighted by Gasteiger charge is -2.31. The molecule has 0 aliphatic heterocycles. The molecule has 1 atom stereocenters. The van der Waals surface area contributed by atoms with Gasteiger partial charge in [0.15, 0.2) is 0 Å². The first-order chi connectivity index (χ1) is 12.3. The topological polar surface area (TPSA) is 63.7 Å². The lowest BCUT2D eigenvalue weighted by molar-refractivity contribution is 0.0526. The van der Waals surface area contributed by atoms with Gasteiger partial charge in [-0.2, -0.15) is 4.31 Å². The van der Waals surface area contributed by atoms with Gasteiger partial charge in [-0.25, -0.2) is 13.2 Å². The fraction of sp³-hybridized carbons (Fsp3) is 0.350. The predicted molar refractivity (Wildman–Crippen MR) is 101 cm³/mol. The molecule has 0 saturated carbocycles. The molecule has 26 heavy (non-hydrogen) atoms. The van der Waals surface area contributed by atoms with E-state index in [-0.39, 0.29) is 23.5 Å². The molecule has 140 valence electrons. The standard InChI is InChI=1S/C20H25NO4S/c1-5-25-20(22)17-11-13-18(14-12-17)26(23,24)21(4)19(15(2)3)16-9-7-6-8-10-16/h6-15,19H,5H2,1-4H3. The number of rotatable bonds is 7. The minimum Gasteiger partial charge on any atom is -0.462 e. The third-order valence-electron chi connectivity index (χ3n) is 4.21. The molecule has 0 amide bonds. The van der Waals surface area contributed by atoms with Crippen molar-refractivity contribution in [2.24, 2.45) is 5.92 Å². The first-order valence-electron chi connectivity index (χ1n) is 8.59. The van der Waals surface area contributed by atoms with E-state index in [1.165, 1.54) is 28.6 Å². The Morgan fingerprint density at radius 3 is 2.12 bits per heavy atom. The van der Waals surface area contributed by atoms with Gasteiger partial charge in [0.2, 0.25) is 10.0 Å². The summed E-state index contributed by atoms with van der Waals surface area (Å²) in [4.78, 5) is 11.9. The van der Waals surface area contributed by atoms with Crippen molar-refractivity contribution in [3.63, 3.8) is 0 Å². The van der Waals surface area contributed by atoms with Gasteiger partial charge in [-0.3, -0.25) is 0 Å². The lowest BCUT2D eigenvalue weighted by atomic mass is 9.96. The fourth-order valence-electron chi connectivity index (χ4n) is 2.96. The van der Waals surface area contributed by atoms with Crippen molar-refractivity contribution in [2.45, 2.75) is 31.7 Å². The summed E-state index contributed by atoms with van der Waals surface area (Å²) in [6, 6.07) is 15.1. The molecule has 0 radical (unpaired) electrons. The van der Waals surface area contributed by atoms with Crippen LogP contribution in [0.2, 0.25) is 0 Å². The summed E-state index contributed by atoms with van der Waals surface area (Å²) < 4.78 is 32.5. The van der Waals surface area contributed by atoms with E-state index in [9.17, 15) is 13.2 Å². The number of hydrogen-bond acceptors (Lipinski definition) is 4. The minimum absolute atomic E-state index is 0.0935. The quantitative estimate of drug-likeness (QED) is 0.689. The highest BCUT2D eigenvalue weighted by atomic mass is 32.2. The number of benzene rings is 2. The Kier molecular flexibility index (Phi) is 6.56. The van der Waals surface area contributed by atoms with Crippen LogP contribution in [0.15, 0.2) is 59.5 Å². The average molecular weight is 375 g/mol. The summed E-state index contributed by atoms with van der Waals surface area (Å²) in [5.41, 5.74) is 1.27. The molecule has 5 nitrogen and oxygen atoms in total. The van der Waals surface area contributed by atoms with Crippen molar-refractivity contribution in [3.05, 3.63) is 65.7 Å². The van der Waals surface area contributed by atoms with Gasteiger partial charge < -0.3 is 4.74 Å². The summed E-state index contributed by atoms with van der Waals surface area (Å²) in [6.45, 7) is 5.98. The summed E-state index contributed by atoms with van der Waals surface area (Å²) in [7, 11) is -2.12. The van der Waals surface area contributed by atoms with Crippen LogP contribution in [0.25, 0.3) is 0 Å². The number of sulfonamides is 1. The van der Waals surface area contributed by atoms with Crippen LogP contribution in [0.3, 0.4) is 0 Å². The smallest absolute Gasteiger partial charge is 0.338 e. The highest BCUT2D eigenvalue weighted by Crippen LogP contribution is 2.32. The third kappa shape index (κ3) is 4.31. The van der Waals surface area contributed by atoms with Crippen LogP contribution in [0.4, 0.5) is 0 Å². The Morgan fingerprint density at radius 1 is 1.04 bits per heavy atom. The molecule has 0 aliphatic carbocycles. The Hall–Kier alpha value is -2.18. The Morgan fingerprint density at radius 2 is 1.62 bits per heavy atom. The zero-order valence-electron chi connectivity index (χ0n) is 15.5. The van der Waals surface area contributed by atoms with E-state index in [0.717, 1.165) is 5.56 Å². The normalized spacial score (nSPS) is 13.0. The number of ether oxygens (including phenoxy) is 1. The number of hydrogen-bond donors (Lipinski definition) is 0. The second kappa shape index (κ2) is 8.47. The van der Waals surface area contributed by atoms with Crippen LogP contribution in [-0.4, -0.2) is 32.3 Å². The van der Waals surface area contributed by atoms with Crippen LogP contribution < -0.4 is 0 Å². The maximum absolute atomic E-state index is 13.1. The largest absolute Gasteiger partial charge is 0.462 e. The summed E-state index contributed by atoms with van der Waals surface area (Å²) >= 11 is 0. The van der Waals surface area contributed by atoms with Gasteiger partial charge in [-0.05, 0) is 42.7 Å².